The van der Waals surface area contributed by atoms with E-state index in [2.05, 4.69) is 58.2 Å². The van der Waals surface area contributed by atoms with Crippen LogP contribution in [0.25, 0.3) is 0 Å². The highest BCUT2D eigenvalue weighted by Crippen LogP contribution is 2.14. The van der Waals surface area contributed by atoms with E-state index in [1.54, 1.807) is 6.92 Å². The minimum absolute atomic E-state index is 0.0726. The molecule has 0 bridgehead atoms. The number of nitrogens with zero attached hydrogens (tertiary/aromatic N) is 1. The van der Waals surface area contributed by atoms with Crippen LogP contribution >= 0.6 is 0 Å². The van der Waals surface area contributed by atoms with Crippen molar-refractivity contribution in [3.63, 3.8) is 0 Å². The van der Waals surface area contributed by atoms with E-state index in [4.69, 9.17) is 39.5 Å². The van der Waals surface area contributed by atoms with Crippen molar-refractivity contribution in [2.24, 2.45) is 51.2 Å². The second-order valence-corrected chi connectivity index (χ2v) is 24.0. The number of aliphatic hydroxyl groups is 3. The second-order valence-electron chi connectivity index (χ2n) is 24.0. The number of amides is 15. The average Bonchev–Trinajstić information content (AvgIpc) is 0.856. The largest absolute Gasteiger partial charge is 0.481 e. The molecule has 0 radical (unpaired) electrons. The van der Waals surface area contributed by atoms with Crippen LogP contribution in [0.1, 0.15) is 125 Å². The Bertz CT molecular complexity index is 3080. The lowest BCUT2D eigenvalue weighted by Gasteiger charge is -2.30. The number of guanidine groups is 1. The number of carbonyl (C=O) groups is 19. The Labute approximate surface area is 588 Å². The van der Waals surface area contributed by atoms with Crippen LogP contribution in [-0.2, 0) is 91.1 Å². The van der Waals surface area contributed by atoms with Crippen LogP contribution in [0.3, 0.4) is 0 Å². The maximum Gasteiger partial charge on any atom is 0.326 e. The normalized spacial score (nSPS) is 15.3. The Morgan fingerprint density at radius 1 is 0.388 bits per heavy atom. The quantitative estimate of drug-likeness (QED) is 0.0153. The molecular formula is C58H97N19O26. The summed E-state index contributed by atoms with van der Waals surface area (Å²) >= 11 is 0. The maximum absolute atomic E-state index is 14.2. The molecule has 0 aromatic carbocycles. The number of carboxylic acid groups (broad SMARTS) is 4. The van der Waals surface area contributed by atoms with Crippen LogP contribution in [0.2, 0.25) is 0 Å². The number of primary amides is 3. The standard InChI is InChI=1S/C58H97N19O26/c1-7-24(4)43(54(99)72-32(19-37(62)83)51(96)68-30(13-17-40(87)88)50(95)77-45(26(6)80)56(101)73-34(22-78)52(97)70-31(57(102)103)12-15-36(61)82)75-53(98)42(23(2)3)74-49(94)29(11-14-35(60)81)67-38(84)21-66-47(92)33(20-41(89)90)71-48(93)28(9-8-18-65-58(63)64)69-55(100)44(25(5)79)76-46(91)27(59)10-16-39(85)86/h23-34,42-45,78-80H,7-22,59H2,1-6H3,(H2,60,81)(H2,61,82)(H2,62,83)(H,66,92)(H,67,84)(H,68,96)(H,69,100)(H,70,97)(H,71,93)(H,72,99)(H,73,101)(H,74,94)(H,75,98)(H,76,91)(H,77,95)(H,85,86)(H,87,88)(H,89,90)(H,102,103)(H4,63,64,65)/t24-,25+,26+,27-,28-,29-,30-,31-,32-,33-,34-,42-,43-,44-,45-/m0/s1. The Morgan fingerprint density at radius 3 is 1.23 bits per heavy atom. The van der Waals surface area contributed by atoms with Gasteiger partial charge in [-0.05, 0) is 64.2 Å². The van der Waals surface area contributed by atoms with Crippen LogP contribution in [0, 0.1) is 11.8 Å². The summed E-state index contributed by atoms with van der Waals surface area (Å²) in [6, 6.07) is -21.9. The number of carbonyl (C=O) groups excluding carboxylic acids is 15. The molecule has 31 N–H and O–H groups in total. The average molecular weight is 1480 g/mol. The second kappa shape index (κ2) is 46.5. The van der Waals surface area contributed by atoms with Gasteiger partial charge in [0.1, 0.15) is 66.5 Å². The SMILES string of the molecule is CC[C@H](C)[C@H](NC(=O)[C@@H](NC(=O)[C@H](CCC(N)=O)NC(=O)CNC(=O)[C@H](CC(=O)O)NC(=O)[C@H](CCCN=C(N)N)NC(=O)[C@@H](NC(=O)[C@@H](N)CCC(=O)O)[C@@H](C)O)C(C)C)C(=O)N[C@@H](CC(N)=O)C(=O)N[C@@H](CCC(=O)O)C(=O)N[C@H](C(=O)N[C@@H](CO)C(=O)N[C@@H](CCC(N)=O)C(=O)O)[C@@H](C)O. The summed E-state index contributed by atoms with van der Waals surface area (Å²) in [4.78, 5) is 249. The molecule has 45 nitrogen and oxygen atoms in total. The van der Waals surface area contributed by atoms with Gasteiger partial charge in [-0.25, -0.2) is 4.79 Å². The van der Waals surface area contributed by atoms with Crippen LogP contribution in [0.5, 0.6) is 0 Å². The van der Waals surface area contributed by atoms with E-state index in [-0.39, 0.29) is 38.2 Å². The van der Waals surface area contributed by atoms with Gasteiger partial charge in [-0.2, -0.15) is 0 Å². The van der Waals surface area contributed by atoms with Gasteiger partial charge in [0, 0.05) is 32.2 Å². The number of nitrogens with one attached hydrogen (secondary N) is 12. The fraction of sp³-hybridized carbons (Fsp3) is 0.655. The monoisotopic (exact) mass is 1480 g/mol. The molecule has 0 aliphatic carbocycles. The van der Waals surface area contributed by atoms with Crippen molar-refractivity contribution in [3.05, 3.63) is 0 Å². The van der Waals surface area contributed by atoms with Crippen molar-refractivity contribution in [2.45, 2.75) is 210 Å². The topological polar surface area (TPSA) is 779 Å². The van der Waals surface area contributed by atoms with Gasteiger partial charge in [-0.1, -0.05) is 34.1 Å². The van der Waals surface area contributed by atoms with Gasteiger partial charge >= 0.3 is 23.9 Å². The molecule has 15 atom stereocenters. The smallest absolute Gasteiger partial charge is 0.326 e. The van der Waals surface area contributed by atoms with Gasteiger partial charge < -0.3 is 134 Å². The predicted molar refractivity (Wildman–Crippen MR) is 351 cm³/mol. The Hall–Kier alpha value is -11.0. The lowest BCUT2D eigenvalue weighted by molar-refractivity contribution is -0.143. The third kappa shape index (κ3) is 36.3. The fourth-order valence-corrected chi connectivity index (χ4v) is 9.00. The highest BCUT2D eigenvalue weighted by Gasteiger charge is 2.39. The molecule has 0 heterocycles. The number of aliphatic carboxylic acids is 4. The first kappa shape index (κ1) is 92.0. The molecule has 0 aromatic heterocycles. The third-order valence-electron chi connectivity index (χ3n) is 14.9. The fourth-order valence-electron chi connectivity index (χ4n) is 9.00. The summed E-state index contributed by atoms with van der Waals surface area (Å²) in [5.74, 6) is -26.5. The molecule has 0 saturated carbocycles. The van der Waals surface area contributed by atoms with Gasteiger partial charge in [-0.3, -0.25) is 91.3 Å². The summed E-state index contributed by atoms with van der Waals surface area (Å²) in [7, 11) is 0. The molecule has 0 rings (SSSR count). The molecule has 580 valence electrons. The first-order chi connectivity index (χ1) is 47.9. The summed E-state index contributed by atoms with van der Waals surface area (Å²) in [6.45, 7) is 5.46. The van der Waals surface area contributed by atoms with Crippen LogP contribution < -0.4 is 98.2 Å². The minimum atomic E-state index is -2.08. The van der Waals surface area contributed by atoms with E-state index in [0.717, 1.165) is 13.8 Å². The van der Waals surface area contributed by atoms with Crippen LogP contribution in [-0.4, -0.2) is 259 Å². The number of rotatable bonds is 51. The molecule has 0 saturated heterocycles. The number of nitrogens with two attached hydrogens (primary N) is 6. The van der Waals surface area contributed by atoms with E-state index in [1.807, 2.05) is 10.6 Å². The number of hydrogen-bond acceptors (Lipinski definition) is 24. The molecule has 0 unspecified atom stereocenters. The van der Waals surface area contributed by atoms with E-state index in [9.17, 15) is 122 Å². The Balaban J connectivity index is 6.80. The third-order valence-corrected chi connectivity index (χ3v) is 14.9. The number of aliphatic hydroxyl groups excluding tert-OH is 3. The van der Waals surface area contributed by atoms with Crippen molar-refractivity contribution in [1.29, 1.82) is 0 Å². The number of aliphatic imine (C=N–C) groups is 1. The van der Waals surface area contributed by atoms with E-state index < -0.39 is 280 Å². The lowest BCUT2D eigenvalue weighted by Crippen LogP contribution is -2.62. The van der Waals surface area contributed by atoms with Gasteiger partial charge in [0.05, 0.1) is 44.2 Å². The molecule has 0 fully saturated rings. The highest BCUT2D eigenvalue weighted by molar-refractivity contribution is 6.01. The van der Waals surface area contributed by atoms with Gasteiger partial charge in [0.2, 0.25) is 88.6 Å². The first-order valence-corrected chi connectivity index (χ1v) is 32.0. The zero-order chi connectivity index (χ0) is 79.3. The van der Waals surface area contributed by atoms with E-state index in [1.165, 1.54) is 20.8 Å². The van der Waals surface area contributed by atoms with Crippen molar-refractivity contribution < 1.29 is 127 Å². The summed E-state index contributed by atoms with van der Waals surface area (Å²) in [5, 5.41) is 94.6. The summed E-state index contributed by atoms with van der Waals surface area (Å²) in [6.07, 6.45) is -10.8. The van der Waals surface area contributed by atoms with Crippen molar-refractivity contribution in [1.82, 2.24) is 63.8 Å². The van der Waals surface area contributed by atoms with Crippen molar-refractivity contribution in [3.8, 4) is 0 Å². The summed E-state index contributed by atoms with van der Waals surface area (Å²) in [5.41, 5.74) is 32.3. The zero-order valence-corrected chi connectivity index (χ0v) is 57.3. The van der Waals surface area contributed by atoms with Gasteiger partial charge in [0.25, 0.3) is 0 Å². The number of hydrogen-bond donors (Lipinski definition) is 25. The molecule has 103 heavy (non-hydrogen) atoms. The summed E-state index contributed by atoms with van der Waals surface area (Å²) < 4.78 is 0. The molecule has 0 spiro atoms. The zero-order valence-electron chi connectivity index (χ0n) is 57.3. The highest BCUT2D eigenvalue weighted by atomic mass is 16.4. The molecule has 15 amide bonds. The predicted octanol–water partition coefficient (Wildman–Crippen LogP) is -12.0. The van der Waals surface area contributed by atoms with Crippen molar-refractivity contribution in [2.75, 3.05) is 19.7 Å². The molecule has 0 aromatic rings. The number of carboxylic acids is 4. The Morgan fingerprint density at radius 2 is 0.767 bits per heavy atom. The maximum atomic E-state index is 14.2. The van der Waals surface area contributed by atoms with E-state index >= 15 is 0 Å². The first-order valence-electron chi connectivity index (χ1n) is 32.0. The molecule has 0 aliphatic heterocycles. The van der Waals surface area contributed by atoms with Crippen LogP contribution in [0.15, 0.2) is 4.99 Å². The van der Waals surface area contributed by atoms with E-state index in [0.29, 0.717) is 0 Å². The van der Waals surface area contributed by atoms with Gasteiger partial charge in [0.15, 0.2) is 5.96 Å². The molecule has 45 heteroatoms. The van der Waals surface area contributed by atoms with Crippen LogP contribution in [0.4, 0.5) is 0 Å². The van der Waals surface area contributed by atoms with Gasteiger partial charge in [-0.15, -0.1) is 0 Å². The minimum Gasteiger partial charge on any atom is -0.481 e. The van der Waals surface area contributed by atoms with Crippen molar-refractivity contribution >= 4 is 118 Å². The lowest BCUT2D eigenvalue weighted by atomic mass is 9.95. The molecule has 0 aliphatic rings. The molecular weight excluding hydrogens is 1380 g/mol. The Kier molecular flexibility index (Phi) is 41.5.